The maximum atomic E-state index is 9.74. The maximum Gasteiger partial charge on any atom is 0.0487 e. The molecule has 0 bridgehead atoms. The van der Waals surface area contributed by atoms with Crippen LogP contribution >= 0.6 is 0 Å². The Morgan fingerprint density at radius 1 is 1.18 bits per heavy atom. The summed E-state index contributed by atoms with van der Waals surface area (Å²) in [6, 6.07) is 0. The minimum absolute atomic E-state index is 0.256. The molecule has 0 unspecified atom stereocenters. The third kappa shape index (κ3) is 4.28. The van der Waals surface area contributed by atoms with E-state index in [2.05, 4.69) is 34.6 Å². The Labute approximate surface area is 108 Å². The number of hydrogen-bond acceptors (Lipinski definition) is 1. The first-order chi connectivity index (χ1) is 7.79. The van der Waals surface area contributed by atoms with Crippen LogP contribution < -0.4 is 0 Å². The van der Waals surface area contributed by atoms with E-state index in [9.17, 15) is 5.11 Å². The number of hydrogen-bond donors (Lipinski definition) is 1. The highest BCUT2D eigenvalue weighted by atomic mass is 16.3. The van der Waals surface area contributed by atoms with Crippen molar-refractivity contribution in [3.63, 3.8) is 0 Å². The van der Waals surface area contributed by atoms with E-state index in [0.29, 0.717) is 12.0 Å². The second kappa shape index (κ2) is 5.73. The molecule has 0 saturated heterocycles. The third-order valence-corrected chi connectivity index (χ3v) is 4.86. The summed E-state index contributed by atoms with van der Waals surface area (Å²) in [6.07, 6.45) is 7.57. The molecule has 1 nitrogen and oxygen atoms in total. The van der Waals surface area contributed by atoms with Crippen molar-refractivity contribution in [2.45, 2.75) is 73.1 Å². The first-order valence-electron chi connectivity index (χ1n) is 7.40. The molecule has 1 saturated carbocycles. The molecule has 0 amide bonds. The van der Waals surface area contributed by atoms with Gasteiger partial charge in [0.1, 0.15) is 0 Å². The van der Waals surface area contributed by atoms with Gasteiger partial charge in [0.25, 0.3) is 0 Å². The van der Waals surface area contributed by atoms with Crippen LogP contribution in [-0.4, -0.2) is 11.7 Å². The Morgan fingerprint density at radius 2 is 1.71 bits per heavy atom. The highest BCUT2D eigenvalue weighted by Crippen LogP contribution is 2.47. The third-order valence-electron chi connectivity index (χ3n) is 4.86. The van der Waals surface area contributed by atoms with Gasteiger partial charge in [-0.25, -0.2) is 0 Å². The lowest BCUT2D eigenvalue weighted by Gasteiger charge is -2.43. The molecule has 1 aliphatic rings. The van der Waals surface area contributed by atoms with Crippen LogP contribution in [0.2, 0.25) is 0 Å². The molecule has 0 aromatic carbocycles. The summed E-state index contributed by atoms with van der Waals surface area (Å²) in [7, 11) is 0. The van der Waals surface area contributed by atoms with Crippen molar-refractivity contribution in [1.29, 1.82) is 0 Å². The van der Waals surface area contributed by atoms with Gasteiger partial charge in [-0.1, -0.05) is 41.0 Å². The van der Waals surface area contributed by atoms with Crippen LogP contribution in [0.3, 0.4) is 0 Å². The van der Waals surface area contributed by atoms with Gasteiger partial charge in [-0.15, -0.1) is 0 Å². The molecule has 0 radical (unpaired) electrons. The van der Waals surface area contributed by atoms with Gasteiger partial charge >= 0.3 is 0 Å². The minimum atomic E-state index is 0.256. The Hall–Kier alpha value is -0.0400. The summed E-state index contributed by atoms with van der Waals surface area (Å²) in [5.41, 5.74) is 0.700. The first kappa shape index (κ1) is 15.0. The summed E-state index contributed by atoms with van der Waals surface area (Å²) < 4.78 is 0. The van der Waals surface area contributed by atoms with Crippen molar-refractivity contribution in [3.05, 3.63) is 0 Å². The van der Waals surface area contributed by atoms with E-state index in [4.69, 9.17) is 0 Å². The van der Waals surface area contributed by atoms with E-state index in [1.165, 1.54) is 38.5 Å². The van der Waals surface area contributed by atoms with Crippen LogP contribution in [0.5, 0.6) is 0 Å². The second-order valence-corrected chi connectivity index (χ2v) is 7.73. The Balaban J connectivity index is 2.51. The van der Waals surface area contributed by atoms with Gasteiger partial charge in [-0.3, -0.25) is 0 Å². The normalized spacial score (nSPS) is 30.9. The highest BCUT2D eigenvalue weighted by Gasteiger charge is 2.37. The van der Waals surface area contributed by atoms with Gasteiger partial charge in [-0.05, 0) is 54.8 Å². The summed E-state index contributed by atoms with van der Waals surface area (Å²) in [5, 5.41) is 9.74. The standard InChI is InChI=1S/C16H32O/c1-13(2)6-9-16(12-17)10-7-14(8-11-16)15(3,4)5/h13-14,17H,6-12H2,1-5H3. The van der Waals surface area contributed by atoms with Crippen LogP contribution in [0.25, 0.3) is 0 Å². The van der Waals surface area contributed by atoms with E-state index in [-0.39, 0.29) is 5.41 Å². The molecular formula is C16H32O. The molecule has 0 spiro atoms. The first-order valence-corrected chi connectivity index (χ1v) is 7.40. The summed E-state index contributed by atoms with van der Waals surface area (Å²) >= 11 is 0. The second-order valence-electron chi connectivity index (χ2n) is 7.73. The quantitative estimate of drug-likeness (QED) is 0.759. The summed E-state index contributed by atoms with van der Waals surface area (Å²) in [5.74, 6) is 1.61. The van der Waals surface area contributed by atoms with Crippen molar-refractivity contribution in [2.24, 2.45) is 22.7 Å². The molecule has 102 valence electrons. The molecule has 0 heterocycles. The minimum Gasteiger partial charge on any atom is -0.396 e. The van der Waals surface area contributed by atoms with Gasteiger partial charge in [0.05, 0.1) is 0 Å². The summed E-state index contributed by atoms with van der Waals surface area (Å²) in [4.78, 5) is 0. The van der Waals surface area contributed by atoms with Crippen LogP contribution in [0.15, 0.2) is 0 Å². The molecule has 1 rings (SSSR count). The van der Waals surface area contributed by atoms with Crippen LogP contribution in [0.1, 0.15) is 73.1 Å². The average molecular weight is 240 g/mol. The lowest BCUT2D eigenvalue weighted by molar-refractivity contribution is 0.0266. The van der Waals surface area contributed by atoms with Crippen LogP contribution in [-0.2, 0) is 0 Å². The van der Waals surface area contributed by atoms with Crippen molar-refractivity contribution < 1.29 is 5.11 Å². The van der Waals surface area contributed by atoms with E-state index in [0.717, 1.165) is 11.8 Å². The zero-order valence-electron chi connectivity index (χ0n) is 12.6. The Kier molecular flexibility index (Phi) is 5.07. The average Bonchev–Trinajstić information content (AvgIpc) is 2.26. The number of aliphatic hydroxyl groups is 1. The fourth-order valence-electron chi connectivity index (χ4n) is 3.18. The fraction of sp³-hybridized carbons (Fsp3) is 1.00. The zero-order valence-corrected chi connectivity index (χ0v) is 12.6. The van der Waals surface area contributed by atoms with E-state index in [1.54, 1.807) is 0 Å². The molecule has 0 atom stereocenters. The molecular weight excluding hydrogens is 208 g/mol. The van der Waals surface area contributed by atoms with Crippen molar-refractivity contribution in [3.8, 4) is 0 Å². The Bertz CT molecular complexity index is 216. The van der Waals surface area contributed by atoms with Crippen molar-refractivity contribution in [2.75, 3.05) is 6.61 Å². The van der Waals surface area contributed by atoms with Gasteiger partial charge < -0.3 is 5.11 Å². The molecule has 1 heteroatoms. The number of aliphatic hydroxyl groups excluding tert-OH is 1. The molecule has 0 aromatic heterocycles. The van der Waals surface area contributed by atoms with Gasteiger partial charge in [0, 0.05) is 6.61 Å². The SMILES string of the molecule is CC(C)CCC1(CO)CCC(C(C)(C)C)CC1. The topological polar surface area (TPSA) is 20.2 Å². The van der Waals surface area contributed by atoms with Crippen molar-refractivity contribution >= 4 is 0 Å². The summed E-state index contributed by atoms with van der Waals surface area (Å²) in [6.45, 7) is 12.0. The van der Waals surface area contributed by atoms with Gasteiger partial charge in [-0.2, -0.15) is 0 Å². The van der Waals surface area contributed by atoms with Crippen LogP contribution in [0.4, 0.5) is 0 Å². The van der Waals surface area contributed by atoms with E-state index >= 15 is 0 Å². The highest BCUT2D eigenvalue weighted by molar-refractivity contribution is 4.88. The van der Waals surface area contributed by atoms with E-state index < -0.39 is 0 Å². The largest absolute Gasteiger partial charge is 0.396 e. The van der Waals surface area contributed by atoms with Gasteiger partial charge in [0.15, 0.2) is 0 Å². The van der Waals surface area contributed by atoms with Crippen molar-refractivity contribution in [1.82, 2.24) is 0 Å². The van der Waals surface area contributed by atoms with Crippen LogP contribution in [0, 0.1) is 22.7 Å². The van der Waals surface area contributed by atoms with E-state index in [1.807, 2.05) is 0 Å². The molecule has 0 aliphatic heterocycles. The predicted octanol–water partition coefficient (Wildman–Crippen LogP) is 4.64. The lowest BCUT2D eigenvalue weighted by atomic mass is 9.63. The zero-order chi connectivity index (χ0) is 13.1. The smallest absolute Gasteiger partial charge is 0.0487 e. The van der Waals surface area contributed by atoms with Gasteiger partial charge in [0.2, 0.25) is 0 Å². The Morgan fingerprint density at radius 3 is 2.06 bits per heavy atom. The molecule has 17 heavy (non-hydrogen) atoms. The molecule has 1 N–H and O–H groups in total. The predicted molar refractivity (Wildman–Crippen MR) is 75.0 cm³/mol. The number of rotatable bonds is 4. The molecule has 1 aliphatic carbocycles. The lowest BCUT2D eigenvalue weighted by Crippen LogP contribution is -2.35. The molecule has 0 aromatic rings. The molecule has 1 fully saturated rings. The monoisotopic (exact) mass is 240 g/mol. The fourth-order valence-corrected chi connectivity index (χ4v) is 3.18. The maximum absolute atomic E-state index is 9.74.